The van der Waals surface area contributed by atoms with Crippen molar-refractivity contribution in [3.05, 3.63) is 59.7 Å². The number of rotatable bonds is 4. The minimum Gasteiger partial charge on any atom is -0.327 e. The van der Waals surface area contributed by atoms with Gasteiger partial charge in [-0.25, -0.2) is 8.78 Å². The molecule has 0 aliphatic heterocycles. The fraction of sp³-hybridized carbons (Fsp3) is 0.294. The highest BCUT2D eigenvalue weighted by Crippen LogP contribution is 2.22. The molecule has 0 aliphatic carbocycles. The lowest BCUT2D eigenvalue weighted by Crippen LogP contribution is -2.28. The number of nitrogens with two attached hydrogens (primary N) is 1. The van der Waals surface area contributed by atoms with Gasteiger partial charge in [0.25, 0.3) is 0 Å². The van der Waals surface area contributed by atoms with Gasteiger partial charge in [0.1, 0.15) is 0 Å². The van der Waals surface area contributed by atoms with Crippen LogP contribution in [0.25, 0.3) is 11.1 Å². The van der Waals surface area contributed by atoms with E-state index in [1.54, 1.807) is 6.07 Å². The molecule has 0 heterocycles. The number of halogens is 2. The Balaban J connectivity index is 2.17. The summed E-state index contributed by atoms with van der Waals surface area (Å²) < 4.78 is 26.1. The Labute approximate surface area is 118 Å². The van der Waals surface area contributed by atoms with Crippen molar-refractivity contribution >= 4 is 0 Å². The van der Waals surface area contributed by atoms with Crippen molar-refractivity contribution < 1.29 is 8.78 Å². The van der Waals surface area contributed by atoms with Gasteiger partial charge in [0.2, 0.25) is 0 Å². The van der Waals surface area contributed by atoms with Crippen LogP contribution in [-0.2, 0) is 6.42 Å². The average Bonchev–Trinajstić information content (AvgIpc) is 2.42. The molecule has 2 rings (SSSR count). The quantitative estimate of drug-likeness (QED) is 0.891. The predicted molar refractivity (Wildman–Crippen MR) is 78.3 cm³/mol. The first-order valence-electron chi connectivity index (χ1n) is 6.77. The SMILES string of the molecule is CC(C)C(N)Cc1ccc(-c2ccc(F)c(F)c2)cc1. The molecule has 2 N–H and O–H groups in total. The molecule has 0 saturated heterocycles. The number of hydrogen-bond acceptors (Lipinski definition) is 1. The van der Waals surface area contributed by atoms with E-state index in [4.69, 9.17) is 5.73 Å². The maximum Gasteiger partial charge on any atom is 0.159 e. The fourth-order valence-corrected chi connectivity index (χ4v) is 2.02. The molecule has 0 spiro atoms. The smallest absolute Gasteiger partial charge is 0.159 e. The lowest BCUT2D eigenvalue weighted by molar-refractivity contribution is 0.490. The molecule has 0 bridgehead atoms. The summed E-state index contributed by atoms with van der Waals surface area (Å²) in [5.41, 5.74) is 8.73. The van der Waals surface area contributed by atoms with E-state index in [0.717, 1.165) is 23.6 Å². The Kier molecular flexibility index (Phi) is 4.50. The van der Waals surface area contributed by atoms with Crippen molar-refractivity contribution in [3.8, 4) is 11.1 Å². The molecule has 3 heteroatoms. The van der Waals surface area contributed by atoms with Crippen molar-refractivity contribution in [1.82, 2.24) is 0 Å². The van der Waals surface area contributed by atoms with E-state index in [1.165, 1.54) is 6.07 Å². The van der Waals surface area contributed by atoms with Crippen molar-refractivity contribution in [2.24, 2.45) is 11.7 Å². The van der Waals surface area contributed by atoms with Gasteiger partial charge in [-0.1, -0.05) is 44.2 Å². The maximum atomic E-state index is 13.2. The molecular weight excluding hydrogens is 256 g/mol. The van der Waals surface area contributed by atoms with Crippen LogP contribution in [0.15, 0.2) is 42.5 Å². The first kappa shape index (κ1) is 14.7. The van der Waals surface area contributed by atoms with Crippen LogP contribution in [0.2, 0.25) is 0 Å². The van der Waals surface area contributed by atoms with Gasteiger partial charge < -0.3 is 5.73 Å². The second kappa shape index (κ2) is 6.14. The third-order valence-electron chi connectivity index (χ3n) is 3.53. The Hall–Kier alpha value is -1.74. The van der Waals surface area contributed by atoms with E-state index in [2.05, 4.69) is 13.8 Å². The van der Waals surface area contributed by atoms with Crippen molar-refractivity contribution in [1.29, 1.82) is 0 Å². The summed E-state index contributed by atoms with van der Waals surface area (Å²) in [7, 11) is 0. The van der Waals surface area contributed by atoms with E-state index in [9.17, 15) is 8.78 Å². The molecule has 106 valence electrons. The minimum atomic E-state index is -0.826. The summed E-state index contributed by atoms with van der Waals surface area (Å²) in [6, 6.07) is 11.9. The predicted octanol–water partition coefficient (Wildman–Crippen LogP) is 4.16. The van der Waals surface area contributed by atoms with Gasteiger partial charge in [-0.3, -0.25) is 0 Å². The lowest BCUT2D eigenvalue weighted by Gasteiger charge is -2.15. The standard InChI is InChI=1S/C17H19F2N/c1-11(2)17(20)9-12-3-5-13(6-4-12)14-7-8-15(18)16(19)10-14/h3-8,10-11,17H,9,20H2,1-2H3. The molecule has 1 nitrogen and oxygen atoms in total. The van der Waals surface area contributed by atoms with Crippen LogP contribution in [0.4, 0.5) is 8.78 Å². The van der Waals surface area contributed by atoms with Gasteiger partial charge in [0.05, 0.1) is 0 Å². The van der Waals surface area contributed by atoms with Gasteiger partial charge in [0.15, 0.2) is 11.6 Å². The highest BCUT2D eigenvalue weighted by Gasteiger charge is 2.09. The Bertz CT molecular complexity index is 576. The van der Waals surface area contributed by atoms with Crippen LogP contribution in [0.3, 0.4) is 0 Å². The van der Waals surface area contributed by atoms with Crippen molar-refractivity contribution in [2.75, 3.05) is 0 Å². The van der Waals surface area contributed by atoms with Gasteiger partial charge in [-0.2, -0.15) is 0 Å². The van der Waals surface area contributed by atoms with Crippen LogP contribution >= 0.6 is 0 Å². The molecule has 0 fully saturated rings. The summed E-state index contributed by atoms with van der Waals surface area (Å²) in [5.74, 6) is -1.22. The first-order valence-corrected chi connectivity index (χ1v) is 6.77. The molecule has 0 aromatic heterocycles. The van der Waals surface area contributed by atoms with E-state index < -0.39 is 11.6 Å². The van der Waals surface area contributed by atoms with Crippen LogP contribution in [0.5, 0.6) is 0 Å². The molecule has 0 saturated carbocycles. The van der Waals surface area contributed by atoms with Crippen LogP contribution in [-0.4, -0.2) is 6.04 Å². The highest BCUT2D eigenvalue weighted by molar-refractivity contribution is 5.63. The molecule has 0 radical (unpaired) electrons. The third kappa shape index (κ3) is 3.42. The average molecular weight is 275 g/mol. The molecule has 2 aromatic rings. The summed E-state index contributed by atoms with van der Waals surface area (Å²) >= 11 is 0. The van der Waals surface area contributed by atoms with Crippen molar-refractivity contribution in [2.45, 2.75) is 26.3 Å². The summed E-state index contributed by atoms with van der Waals surface area (Å²) in [5, 5.41) is 0. The molecule has 0 aliphatic rings. The molecule has 1 unspecified atom stereocenters. The summed E-state index contributed by atoms with van der Waals surface area (Å²) in [6.07, 6.45) is 0.815. The lowest BCUT2D eigenvalue weighted by atomic mass is 9.96. The Morgan fingerprint density at radius 3 is 2.05 bits per heavy atom. The normalized spacial score (nSPS) is 12.7. The summed E-state index contributed by atoms with van der Waals surface area (Å²) in [6.45, 7) is 4.20. The van der Waals surface area contributed by atoms with Gasteiger partial charge in [0, 0.05) is 6.04 Å². The largest absolute Gasteiger partial charge is 0.327 e. The van der Waals surface area contributed by atoms with E-state index in [-0.39, 0.29) is 6.04 Å². The summed E-state index contributed by atoms with van der Waals surface area (Å²) in [4.78, 5) is 0. The zero-order valence-corrected chi connectivity index (χ0v) is 11.7. The maximum absolute atomic E-state index is 13.2. The van der Waals surface area contributed by atoms with Gasteiger partial charge >= 0.3 is 0 Å². The monoisotopic (exact) mass is 275 g/mol. The third-order valence-corrected chi connectivity index (χ3v) is 3.53. The topological polar surface area (TPSA) is 26.0 Å². The molecule has 2 aromatic carbocycles. The van der Waals surface area contributed by atoms with Crippen LogP contribution < -0.4 is 5.73 Å². The van der Waals surface area contributed by atoms with Crippen molar-refractivity contribution in [3.63, 3.8) is 0 Å². The molecule has 0 amide bonds. The first-order chi connectivity index (χ1) is 9.47. The molecule has 20 heavy (non-hydrogen) atoms. The van der Waals surface area contributed by atoms with Crippen LogP contribution in [0, 0.1) is 17.6 Å². The van der Waals surface area contributed by atoms with E-state index >= 15 is 0 Å². The second-order valence-corrected chi connectivity index (χ2v) is 5.44. The Morgan fingerprint density at radius 1 is 0.900 bits per heavy atom. The zero-order valence-electron chi connectivity index (χ0n) is 11.7. The fourth-order valence-electron chi connectivity index (χ4n) is 2.02. The second-order valence-electron chi connectivity index (χ2n) is 5.44. The number of hydrogen-bond donors (Lipinski definition) is 1. The molecule has 1 atom stereocenters. The Morgan fingerprint density at radius 2 is 1.50 bits per heavy atom. The zero-order chi connectivity index (χ0) is 14.7. The highest BCUT2D eigenvalue weighted by atomic mass is 19.2. The number of benzene rings is 2. The molecular formula is C17H19F2N. The van der Waals surface area contributed by atoms with E-state index in [0.29, 0.717) is 11.5 Å². The van der Waals surface area contributed by atoms with Gasteiger partial charge in [-0.15, -0.1) is 0 Å². The van der Waals surface area contributed by atoms with Crippen LogP contribution in [0.1, 0.15) is 19.4 Å². The minimum absolute atomic E-state index is 0.129. The van der Waals surface area contributed by atoms with E-state index in [1.807, 2.05) is 24.3 Å². The van der Waals surface area contributed by atoms with Gasteiger partial charge in [-0.05, 0) is 41.2 Å².